The number of esters is 5. The van der Waals surface area contributed by atoms with Crippen molar-refractivity contribution in [2.24, 2.45) is 34.5 Å². The molecule has 4 fully saturated rings. The summed E-state index contributed by atoms with van der Waals surface area (Å²) in [7, 11) is 0. The van der Waals surface area contributed by atoms with Crippen LogP contribution in [0, 0.1) is 34.5 Å². The molecule has 2 bridgehead atoms. The van der Waals surface area contributed by atoms with Gasteiger partial charge in [0.2, 0.25) is 6.10 Å². The van der Waals surface area contributed by atoms with Crippen LogP contribution in [-0.4, -0.2) is 83.8 Å². The van der Waals surface area contributed by atoms with Crippen molar-refractivity contribution in [2.45, 2.75) is 110 Å². The molecule has 2 saturated heterocycles. The smallest absolute Gasteiger partial charge is 0.348 e. The molecule has 1 N–H and O–H groups in total. The van der Waals surface area contributed by atoms with E-state index in [4.69, 9.17) is 28.4 Å². The van der Waals surface area contributed by atoms with Crippen LogP contribution in [0.4, 0.5) is 0 Å². The van der Waals surface area contributed by atoms with E-state index in [0.717, 1.165) is 5.57 Å². The first-order chi connectivity index (χ1) is 20.0. The lowest BCUT2D eigenvalue weighted by atomic mass is 9.38. The Bertz CT molecular complexity index is 1260. The van der Waals surface area contributed by atoms with Gasteiger partial charge in [-0.1, -0.05) is 26.3 Å². The van der Waals surface area contributed by atoms with Gasteiger partial charge in [-0.15, -0.1) is 0 Å². The van der Waals surface area contributed by atoms with Crippen molar-refractivity contribution < 1.29 is 57.5 Å². The molecule has 12 heteroatoms. The van der Waals surface area contributed by atoms with Crippen LogP contribution < -0.4 is 0 Å². The van der Waals surface area contributed by atoms with E-state index >= 15 is 0 Å². The third-order valence-corrected chi connectivity index (χ3v) is 10.9. The van der Waals surface area contributed by atoms with Crippen molar-refractivity contribution in [1.29, 1.82) is 0 Å². The molecule has 0 aromatic rings. The van der Waals surface area contributed by atoms with Crippen molar-refractivity contribution in [1.82, 2.24) is 0 Å². The minimum atomic E-state index is -1.44. The molecule has 0 radical (unpaired) electrons. The number of hydrogen-bond acceptors (Lipinski definition) is 12. The Kier molecular flexibility index (Phi) is 7.73. The molecule has 2 heterocycles. The van der Waals surface area contributed by atoms with E-state index in [1.54, 1.807) is 19.9 Å². The molecule has 43 heavy (non-hydrogen) atoms. The zero-order valence-corrected chi connectivity index (χ0v) is 25.9. The summed E-state index contributed by atoms with van der Waals surface area (Å²) in [5.74, 6) is -5.87. The number of carbonyl (C=O) groups excluding carboxylic acids is 5. The van der Waals surface area contributed by atoms with Gasteiger partial charge >= 0.3 is 29.8 Å². The van der Waals surface area contributed by atoms with E-state index in [1.165, 1.54) is 20.8 Å². The van der Waals surface area contributed by atoms with Gasteiger partial charge in [0, 0.05) is 37.5 Å². The van der Waals surface area contributed by atoms with Crippen LogP contribution in [-0.2, 0) is 52.4 Å². The Hall–Kier alpha value is -2.99. The molecule has 0 unspecified atom stereocenters. The second kappa shape index (κ2) is 10.6. The van der Waals surface area contributed by atoms with Crippen LogP contribution >= 0.6 is 0 Å². The van der Waals surface area contributed by atoms with Gasteiger partial charge in [0.1, 0.15) is 17.8 Å². The van der Waals surface area contributed by atoms with Crippen molar-refractivity contribution in [3.8, 4) is 0 Å². The molecule has 12 nitrogen and oxygen atoms in total. The normalized spacial score (nSPS) is 44.9. The molecule has 2 saturated carbocycles. The van der Waals surface area contributed by atoms with Crippen LogP contribution in [0.5, 0.6) is 0 Å². The highest BCUT2D eigenvalue weighted by molar-refractivity contribution is 5.82. The third-order valence-electron chi connectivity index (χ3n) is 10.9. The highest BCUT2D eigenvalue weighted by Gasteiger charge is 2.83. The number of hydrogen-bond donors (Lipinski definition) is 1. The zero-order chi connectivity index (χ0) is 31.8. The first-order valence-corrected chi connectivity index (χ1v) is 15.0. The van der Waals surface area contributed by atoms with Gasteiger partial charge in [0.05, 0.1) is 24.5 Å². The summed E-state index contributed by atoms with van der Waals surface area (Å²) in [6.07, 6.45) is -4.37. The predicted octanol–water partition coefficient (Wildman–Crippen LogP) is 2.03. The number of carbonyl (C=O) groups is 5. The van der Waals surface area contributed by atoms with Gasteiger partial charge in [-0.05, 0) is 38.7 Å². The van der Waals surface area contributed by atoms with Crippen LogP contribution in [0.25, 0.3) is 0 Å². The Labute approximate surface area is 250 Å². The Balaban J connectivity index is 1.75. The Morgan fingerprint density at radius 1 is 1.00 bits per heavy atom. The molecule has 0 amide bonds. The molecular formula is C31H42O12. The van der Waals surface area contributed by atoms with E-state index in [1.807, 2.05) is 20.8 Å². The summed E-state index contributed by atoms with van der Waals surface area (Å²) in [6.45, 7) is 12.6. The second-order valence-corrected chi connectivity index (χ2v) is 13.3. The molecule has 0 aromatic carbocycles. The molecule has 2 aliphatic heterocycles. The third kappa shape index (κ3) is 4.42. The van der Waals surface area contributed by atoms with Gasteiger partial charge in [-0.2, -0.15) is 0 Å². The summed E-state index contributed by atoms with van der Waals surface area (Å²) in [5, 5.41) is 12.3. The monoisotopic (exact) mass is 606 g/mol. The summed E-state index contributed by atoms with van der Waals surface area (Å²) in [5.41, 5.74) is -2.91. The maximum absolute atomic E-state index is 13.7. The Morgan fingerprint density at radius 2 is 1.60 bits per heavy atom. The summed E-state index contributed by atoms with van der Waals surface area (Å²) < 4.78 is 35.8. The molecule has 238 valence electrons. The lowest BCUT2D eigenvalue weighted by Crippen LogP contribution is -2.79. The molecular weight excluding hydrogens is 564 g/mol. The molecule has 0 aromatic heterocycles. The maximum atomic E-state index is 13.7. The summed E-state index contributed by atoms with van der Waals surface area (Å²) >= 11 is 0. The lowest BCUT2D eigenvalue weighted by molar-refractivity contribution is -0.306. The largest absolute Gasteiger partial charge is 0.459 e. The highest BCUT2D eigenvalue weighted by Crippen LogP contribution is 2.73. The van der Waals surface area contributed by atoms with Gasteiger partial charge in [0.15, 0.2) is 12.2 Å². The van der Waals surface area contributed by atoms with Crippen LogP contribution in [0.2, 0.25) is 0 Å². The zero-order valence-electron chi connectivity index (χ0n) is 25.9. The molecule has 1 spiro atoms. The Morgan fingerprint density at radius 3 is 2.19 bits per heavy atom. The quantitative estimate of drug-likeness (QED) is 0.267. The molecule has 3 aliphatic carbocycles. The molecule has 5 rings (SSSR count). The van der Waals surface area contributed by atoms with E-state index in [9.17, 15) is 29.1 Å². The topological polar surface area (TPSA) is 161 Å². The first kappa shape index (κ1) is 31.4. The number of rotatable bonds is 6. The number of aliphatic hydroxyl groups excluding tert-OH is 1. The predicted molar refractivity (Wildman–Crippen MR) is 146 cm³/mol. The van der Waals surface area contributed by atoms with Gasteiger partial charge in [-0.3, -0.25) is 19.2 Å². The van der Waals surface area contributed by atoms with E-state index in [-0.39, 0.29) is 6.61 Å². The van der Waals surface area contributed by atoms with Crippen molar-refractivity contribution in [2.75, 3.05) is 6.61 Å². The standard InChI is InChI=1S/C31H42O12/c1-9-13(2)27(36)43-22-24-30(8)26(41-17(6)34)21(35)23-29(7)18(11-20(42-28(22)37)31(23,24)12-38-30)14(3)10-19(39-15(4)32)25(29)40-16(5)33/h10,13,18-26,35H,9,11-12H2,1-8H3/t13-,18+,19+,20-,21-,22-,23-,24+,25-,26-,29+,30-,31-/m1/s1. The van der Waals surface area contributed by atoms with E-state index in [0.29, 0.717) is 12.8 Å². The van der Waals surface area contributed by atoms with Gasteiger partial charge < -0.3 is 33.5 Å². The van der Waals surface area contributed by atoms with Crippen molar-refractivity contribution >= 4 is 29.8 Å². The van der Waals surface area contributed by atoms with Gasteiger partial charge in [0.25, 0.3) is 0 Å². The van der Waals surface area contributed by atoms with Crippen LogP contribution in [0.3, 0.4) is 0 Å². The minimum absolute atomic E-state index is 0.0148. The van der Waals surface area contributed by atoms with Crippen molar-refractivity contribution in [3.05, 3.63) is 11.6 Å². The number of ether oxygens (including phenoxy) is 6. The minimum Gasteiger partial charge on any atom is -0.459 e. The SMILES string of the molecule is CC[C@@H](C)C(=O)O[C@H]1C(=O)O[C@@H]2C[C@H]3C(C)=C[C@H](OC(C)=O)[C@@H](OC(C)=O)[C@]3(C)[C@H]3[C@@H](O)[C@@H](OC(C)=O)[C@]4(C)OC[C@]32[C@@H]14. The average Bonchev–Trinajstić information content (AvgIpc) is 3.17. The summed E-state index contributed by atoms with van der Waals surface area (Å²) in [6, 6.07) is 0. The van der Waals surface area contributed by atoms with Gasteiger partial charge in [-0.25, -0.2) is 4.79 Å². The lowest BCUT2D eigenvalue weighted by Gasteiger charge is -2.69. The maximum Gasteiger partial charge on any atom is 0.348 e. The number of allylic oxidation sites excluding steroid dienone is 1. The molecule has 13 atom stereocenters. The second-order valence-electron chi connectivity index (χ2n) is 13.3. The fourth-order valence-electron chi connectivity index (χ4n) is 9.21. The average molecular weight is 607 g/mol. The molecule has 5 aliphatic rings. The van der Waals surface area contributed by atoms with Crippen molar-refractivity contribution in [3.63, 3.8) is 0 Å². The van der Waals surface area contributed by atoms with E-state index < -0.39 is 107 Å². The number of fused-ring (bicyclic) bond motifs is 2. The van der Waals surface area contributed by atoms with E-state index in [2.05, 4.69) is 0 Å². The van der Waals surface area contributed by atoms with Crippen LogP contribution in [0.15, 0.2) is 11.6 Å². The fourth-order valence-corrected chi connectivity index (χ4v) is 9.21. The fraction of sp³-hybridized carbons (Fsp3) is 0.774. The highest BCUT2D eigenvalue weighted by atomic mass is 16.6. The summed E-state index contributed by atoms with van der Waals surface area (Å²) in [4.78, 5) is 64.0. The van der Waals surface area contributed by atoms with Crippen LogP contribution in [0.1, 0.15) is 68.2 Å². The first-order valence-electron chi connectivity index (χ1n) is 15.0. The number of aliphatic hydroxyl groups is 1.